The van der Waals surface area contributed by atoms with Crippen LogP contribution in [0.4, 0.5) is 34.1 Å². The van der Waals surface area contributed by atoms with Crippen LogP contribution in [0.5, 0.6) is 11.5 Å². The van der Waals surface area contributed by atoms with Crippen LogP contribution in [0.3, 0.4) is 0 Å². The lowest BCUT2D eigenvalue weighted by Gasteiger charge is -2.12. The summed E-state index contributed by atoms with van der Waals surface area (Å²) >= 11 is 0. The number of nitrogens with one attached hydrogen (secondary N) is 2. The van der Waals surface area contributed by atoms with E-state index >= 15 is 0 Å². The molecule has 0 bridgehead atoms. The van der Waals surface area contributed by atoms with Crippen molar-refractivity contribution in [3.05, 3.63) is 180 Å². The molecule has 73 heavy (non-hydrogen) atoms. The average molecular weight is 985 g/mol. The Morgan fingerprint density at radius 3 is 1.03 bits per heavy atom. The number of hydrogen-bond acceptors (Lipinski definition) is 8. The molecule has 0 spiro atoms. The number of benzene rings is 8. The molecule has 8 aromatic carbocycles. The van der Waals surface area contributed by atoms with Crippen molar-refractivity contribution in [2.45, 2.75) is 117 Å². The number of para-hydroxylation sites is 2. The molecule has 0 aliphatic carbocycles. The first-order valence-electron chi connectivity index (χ1n) is 25.9. The molecule has 4 N–H and O–H groups in total. The summed E-state index contributed by atoms with van der Waals surface area (Å²) in [5.74, 6) is -1.44. The standard InChI is InChI=1S/C48H36N6O4.C3H8.6C2H6/c1-29-25-31(21-23-41(29)51-53-43-37-19-11-9-13-33(37)27-39(45(43)55)47(57)49-35-15-5-3-6-16-35)32-22-24-42(30(2)26-32)52-54-44-38-20-12-10-14-34(38)28-40(46(44)56)48(58)50-36-17-7-4-8-18-36;1-3-2;6*1-2/h3-28,55-56H,1-2H3,(H,49,57)(H,50,58);3H2,1-2H3;6*1-2H3. The predicted octanol–water partition coefficient (Wildman–Crippen LogP) is 20.6. The van der Waals surface area contributed by atoms with Gasteiger partial charge in [0.15, 0.2) is 11.5 Å². The van der Waals surface area contributed by atoms with Crippen molar-refractivity contribution in [2.75, 3.05) is 10.6 Å². The van der Waals surface area contributed by atoms with Gasteiger partial charge in [-0.25, -0.2) is 0 Å². The highest BCUT2D eigenvalue weighted by Crippen LogP contribution is 2.42. The number of carbonyl (C=O) groups excluding carboxylic acids is 2. The number of nitrogens with zero attached hydrogens (tertiary/aromatic N) is 4. The van der Waals surface area contributed by atoms with Gasteiger partial charge in [0.25, 0.3) is 11.8 Å². The van der Waals surface area contributed by atoms with Crippen LogP contribution >= 0.6 is 0 Å². The summed E-state index contributed by atoms with van der Waals surface area (Å²) in [6.45, 7) is 32.1. The van der Waals surface area contributed by atoms with Crippen LogP contribution in [0, 0.1) is 13.8 Å². The Labute approximate surface area is 436 Å². The maximum absolute atomic E-state index is 13.2. The summed E-state index contributed by atoms with van der Waals surface area (Å²) < 4.78 is 0. The molecular formula is C63H80N6O4. The third-order valence-corrected chi connectivity index (χ3v) is 9.79. The van der Waals surface area contributed by atoms with Gasteiger partial charge in [-0.15, -0.1) is 10.2 Å². The molecule has 0 saturated carbocycles. The molecule has 0 fully saturated rings. The maximum Gasteiger partial charge on any atom is 0.259 e. The number of phenols is 2. The van der Waals surface area contributed by atoms with E-state index in [1.54, 1.807) is 36.4 Å². The first kappa shape index (κ1) is 63.0. The van der Waals surface area contributed by atoms with E-state index in [1.807, 2.05) is 218 Å². The van der Waals surface area contributed by atoms with E-state index in [4.69, 9.17) is 0 Å². The van der Waals surface area contributed by atoms with Gasteiger partial charge in [-0.1, -0.05) is 200 Å². The number of hydrogen-bond donors (Lipinski definition) is 4. The molecule has 10 nitrogen and oxygen atoms in total. The van der Waals surface area contributed by atoms with E-state index in [2.05, 4.69) is 44.9 Å². The Morgan fingerprint density at radius 1 is 0.411 bits per heavy atom. The van der Waals surface area contributed by atoms with Crippen LogP contribution in [-0.2, 0) is 0 Å². The molecule has 2 amide bonds. The Bertz CT molecular complexity index is 2750. The second kappa shape index (κ2) is 35.2. The minimum Gasteiger partial charge on any atom is -0.505 e. The van der Waals surface area contributed by atoms with Crippen molar-refractivity contribution in [1.82, 2.24) is 0 Å². The van der Waals surface area contributed by atoms with Crippen LogP contribution in [-0.4, -0.2) is 22.0 Å². The minimum atomic E-state index is -0.460. The number of fused-ring (bicyclic) bond motifs is 2. The normalized spacial score (nSPS) is 9.81. The zero-order valence-electron chi connectivity index (χ0n) is 46.2. The summed E-state index contributed by atoms with van der Waals surface area (Å²) in [6.07, 6.45) is 1.25. The molecule has 8 aromatic rings. The second-order valence-electron chi connectivity index (χ2n) is 14.4. The number of rotatable bonds is 9. The third-order valence-electron chi connectivity index (χ3n) is 9.79. The number of aryl methyl sites for hydroxylation is 2. The van der Waals surface area contributed by atoms with Crippen LogP contribution in [0.25, 0.3) is 32.7 Å². The molecular weight excluding hydrogens is 905 g/mol. The SMILES string of the molecule is CC.CC.CC.CC.CC.CC.CCC.Cc1cc(-c2ccc(N=Nc3c(O)c(C(=O)Nc4ccccc4)cc4ccccc34)c(C)c2)ccc1N=Nc1c(O)c(C(=O)Nc2ccccc2)cc2ccccc12. The third kappa shape index (κ3) is 17.7. The second-order valence-corrected chi connectivity index (χ2v) is 14.4. The summed E-state index contributed by atoms with van der Waals surface area (Å²) in [5, 5.41) is 49.1. The van der Waals surface area contributed by atoms with Crippen LogP contribution < -0.4 is 10.6 Å². The lowest BCUT2D eigenvalue weighted by molar-refractivity contribution is 0.101. The zero-order chi connectivity index (χ0) is 54.9. The summed E-state index contributed by atoms with van der Waals surface area (Å²) in [6, 6.07) is 47.8. The fourth-order valence-corrected chi connectivity index (χ4v) is 6.73. The molecule has 386 valence electrons. The Balaban J connectivity index is 0.00000162. The highest BCUT2D eigenvalue weighted by atomic mass is 16.3. The molecule has 0 radical (unpaired) electrons. The molecule has 8 rings (SSSR count). The van der Waals surface area contributed by atoms with Gasteiger partial charge in [-0.2, -0.15) is 10.2 Å². The van der Waals surface area contributed by atoms with E-state index in [-0.39, 0.29) is 34.0 Å². The number of aromatic hydroxyl groups is 2. The fraction of sp³-hybridized carbons (Fsp3) is 0.270. The Hall–Kier alpha value is -7.98. The molecule has 10 heteroatoms. The van der Waals surface area contributed by atoms with Gasteiger partial charge >= 0.3 is 0 Å². The minimum absolute atomic E-state index is 0.0897. The topological polar surface area (TPSA) is 148 Å². The largest absolute Gasteiger partial charge is 0.505 e. The van der Waals surface area contributed by atoms with E-state index in [0.717, 1.165) is 33.0 Å². The average Bonchev–Trinajstić information content (AvgIpc) is 3.44. The highest BCUT2D eigenvalue weighted by molar-refractivity contribution is 6.13. The molecule has 0 saturated heterocycles. The zero-order valence-corrected chi connectivity index (χ0v) is 46.2. The maximum atomic E-state index is 13.2. The molecule has 0 aliphatic heterocycles. The monoisotopic (exact) mass is 985 g/mol. The predicted molar refractivity (Wildman–Crippen MR) is 314 cm³/mol. The van der Waals surface area contributed by atoms with E-state index < -0.39 is 11.8 Å². The van der Waals surface area contributed by atoms with Gasteiger partial charge in [-0.05, 0) is 108 Å². The number of anilines is 2. The molecule has 0 unspecified atom stereocenters. The first-order valence-corrected chi connectivity index (χ1v) is 25.9. The van der Waals surface area contributed by atoms with Crippen molar-refractivity contribution >= 4 is 67.5 Å². The van der Waals surface area contributed by atoms with Gasteiger partial charge in [0.2, 0.25) is 0 Å². The van der Waals surface area contributed by atoms with Crippen molar-refractivity contribution in [1.29, 1.82) is 0 Å². The molecule has 0 atom stereocenters. The highest BCUT2D eigenvalue weighted by Gasteiger charge is 2.20. The summed E-state index contributed by atoms with van der Waals surface area (Å²) in [7, 11) is 0. The van der Waals surface area contributed by atoms with E-state index in [9.17, 15) is 19.8 Å². The van der Waals surface area contributed by atoms with E-state index in [1.165, 1.54) is 6.42 Å². The van der Waals surface area contributed by atoms with Gasteiger partial charge < -0.3 is 20.8 Å². The first-order chi connectivity index (χ1) is 35.6. The molecule has 0 heterocycles. The number of carbonyl (C=O) groups is 2. The van der Waals surface area contributed by atoms with Gasteiger partial charge in [0.1, 0.15) is 11.4 Å². The van der Waals surface area contributed by atoms with Crippen molar-refractivity contribution in [2.24, 2.45) is 20.5 Å². The van der Waals surface area contributed by atoms with Gasteiger partial charge in [0, 0.05) is 22.1 Å². The number of azo groups is 2. The summed E-state index contributed by atoms with van der Waals surface area (Å²) in [4.78, 5) is 26.5. The fourth-order valence-electron chi connectivity index (χ4n) is 6.73. The van der Waals surface area contributed by atoms with Crippen LogP contribution in [0.1, 0.15) is 135 Å². The molecule has 0 aromatic heterocycles. The lowest BCUT2D eigenvalue weighted by Crippen LogP contribution is -2.12. The number of amides is 2. The Morgan fingerprint density at radius 2 is 0.712 bits per heavy atom. The molecule has 0 aliphatic rings. The van der Waals surface area contributed by atoms with Crippen LogP contribution in [0.2, 0.25) is 0 Å². The van der Waals surface area contributed by atoms with Crippen LogP contribution in [0.15, 0.2) is 178 Å². The summed E-state index contributed by atoms with van der Waals surface area (Å²) in [5.41, 5.74) is 6.57. The lowest BCUT2D eigenvalue weighted by atomic mass is 10.00. The Kier molecular flexibility index (Phi) is 30.4. The van der Waals surface area contributed by atoms with Crippen molar-refractivity contribution in [3.63, 3.8) is 0 Å². The van der Waals surface area contributed by atoms with Gasteiger partial charge in [0.05, 0.1) is 22.5 Å². The van der Waals surface area contributed by atoms with E-state index in [0.29, 0.717) is 33.5 Å². The quantitative estimate of drug-likeness (QED) is 0.107. The number of phenolic OH excluding ortho intramolecular Hbond substituents is 2. The van der Waals surface area contributed by atoms with Crippen molar-refractivity contribution < 1.29 is 19.8 Å². The van der Waals surface area contributed by atoms with Gasteiger partial charge in [-0.3, -0.25) is 9.59 Å². The van der Waals surface area contributed by atoms with Crippen molar-refractivity contribution in [3.8, 4) is 22.6 Å². The smallest absolute Gasteiger partial charge is 0.259 e.